The molecular weight excluding hydrogens is 305 g/mol. The molecule has 0 saturated carbocycles. The van der Waals surface area contributed by atoms with Gasteiger partial charge in [0.1, 0.15) is 0 Å². The van der Waals surface area contributed by atoms with Crippen LogP contribution in [0.3, 0.4) is 0 Å². The highest BCUT2D eigenvalue weighted by atomic mass is 79.9. The lowest BCUT2D eigenvalue weighted by atomic mass is 10.2. The average Bonchev–Trinajstić information content (AvgIpc) is 2.65. The molecular formula is C11H9BrClN3O. The van der Waals surface area contributed by atoms with Crippen LogP contribution in [0.5, 0.6) is 0 Å². The molecule has 2 aromatic rings. The molecule has 0 amide bonds. The van der Waals surface area contributed by atoms with Gasteiger partial charge >= 0.3 is 0 Å². The van der Waals surface area contributed by atoms with E-state index in [1.165, 1.54) is 6.21 Å². The maximum absolute atomic E-state index is 8.58. The number of benzene rings is 1. The minimum absolute atomic E-state index is 0.587. The standard InChI is InChI=1S/C11H9BrClN3O/c12-10-5-14-16(11(10)6-15-17)7-8-1-3-9(13)4-2-8/h1-6,17H,7H2. The van der Waals surface area contributed by atoms with E-state index in [1.54, 1.807) is 10.9 Å². The molecule has 1 heterocycles. The van der Waals surface area contributed by atoms with Gasteiger partial charge in [0.15, 0.2) is 0 Å². The van der Waals surface area contributed by atoms with Gasteiger partial charge in [-0.25, -0.2) is 0 Å². The van der Waals surface area contributed by atoms with Gasteiger partial charge in [-0.3, -0.25) is 4.68 Å². The zero-order valence-corrected chi connectivity index (χ0v) is 11.1. The van der Waals surface area contributed by atoms with E-state index in [0.29, 0.717) is 17.3 Å². The van der Waals surface area contributed by atoms with Crippen LogP contribution in [0.15, 0.2) is 40.1 Å². The Morgan fingerprint density at radius 3 is 2.76 bits per heavy atom. The van der Waals surface area contributed by atoms with E-state index >= 15 is 0 Å². The molecule has 2 rings (SSSR count). The van der Waals surface area contributed by atoms with Crippen LogP contribution in [0.1, 0.15) is 11.3 Å². The van der Waals surface area contributed by atoms with E-state index in [9.17, 15) is 0 Å². The van der Waals surface area contributed by atoms with Crippen molar-refractivity contribution in [2.45, 2.75) is 6.54 Å². The molecule has 4 nitrogen and oxygen atoms in total. The van der Waals surface area contributed by atoms with Crippen molar-refractivity contribution in [3.63, 3.8) is 0 Å². The third kappa shape index (κ3) is 2.87. The Morgan fingerprint density at radius 2 is 2.12 bits per heavy atom. The summed E-state index contributed by atoms with van der Waals surface area (Å²) < 4.78 is 2.51. The lowest BCUT2D eigenvalue weighted by Crippen LogP contribution is -2.06. The number of hydrogen-bond donors (Lipinski definition) is 1. The smallest absolute Gasteiger partial charge is 0.0972 e. The van der Waals surface area contributed by atoms with Crippen molar-refractivity contribution in [2.75, 3.05) is 0 Å². The molecule has 0 atom stereocenters. The first-order valence-corrected chi connectivity index (χ1v) is 6.01. The van der Waals surface area contributed by atoms with Crippen LogP contribution in [-0.4, -0.2) is 21.2 Å². The van der Waals surface area contributed by atoms with E-state index in [2.05, 4.69) is 26.2 Å². The van der Waals surface area contributed by atoms with Crippen molar-refractivity contribution in [1.29, 1.82) is 0 Å². The summed E-state index contributed by atoms with van der Waals surface area (Å²) in [7, 11) is 0. The van der Waals surface area contributed by atoms with Gasteiger partial charge in [-0.15, -0.1) is 0 Å². The third-order valence-electron chi connectivity index (χ3n) is 2.26. The van der Waals surface area contributed by atoms with Crippen molar-refractivity contribution in [3.8, 4) is 0 Å². The lowest BCUT2D eigenvalue weighted by molar-refractivity contribution is 0.321. The molecule has 17 heavy (non-hydrogen) atoms. The van der Waals surface area contributed by atoms with Gasteiger partial charge in [0.05, 0.1) is 29.1 Å². The van der Waals surface area contributed by atoms with Crippen LogP contribution >= 0.6 is 27.5 Å². The largest absolute Gasteiger partial charge is 0.411 e. The van der Waals surface area contributed by atoms with Crippen LogP contribution in [0.2, 0.25) is 5.02 Å². The zero-order chi connectivity index (χ0) is 12.3. The fraction of sp³-hybridized carbons (Fsp3) is 0.0909. The van der Waals surface area contributed by atoms with Crippen LogP contribution in [0.25, 0.3) is 0 Å². The van der Waals surface area contributed by atoms with Crippen molar-refractivity contribution in [3.05, 3.63) is 51.2 Å². The van der Waals surface area contributed by atoms with Crippen molar-refractivity contribution in [2.24, 2.45) is 5.16 Å². The second kappa shape index (κ2) is 5.33. The zero-order valence-electron chi connectivity index (χ0n) is 8.72. The van der Waals surface area contributed by atoms with Gasteiger partial charge in [0.25, 0.3) is 0 Å². The molecule has 0 bridgehead atoms. The average molecular weight is 315 g/mol. The van der Waals surface area contributed by atoms with Gasteiger partial charge in [-0.1, -0.05) is 28.9 Å². The summed E-state index contributed by atoms with van der Waals surface area (Å²) >= 11 is 9.15. The highest BCUT2D eigenvalue weighted by Crippen LogP contribution is 2.16. The van der Waals surface area contributed by atoms with Crippen molar-refractivity contribution in [1.82, 2.24) is 9.78 Å². The predicted molar refractivity (Wildman–Crippen MR) is 69.9 cm³/mol. The van der Waals surface area contributed by atoms with Crippen LogP contribution in [0.4, 0.5) is 0 Å². The summed E-state index contributed by atoms with van der Waals surface area (Å²) in [5, 5.41) is 16.5. The summed E-state index contributed by atoms with van der Waals surface area (Å²) in [5.41, 5.74) is 1.78. The fourth-order valence-corrected chi connectivity index (χ4v) is 1.97. The third-order valence-corrected chi connectivity index (χ3v) is 3.12. The molecule has 0 unspecified atom stereocenters. The van der Waals surface area contributed by atoms with Crippen molar-refractivity contribution < 1.29 is 5.21 Å². The van der Waals surface area contributed by atoms with Gasteiger partial charge in [0.2, 0.25) is 0 Å². The number of hydrogen-bond acceptors (Lipinski definition) is 3. The van der Waals surface area contributed by atoms with E-state index in [4.69, 9.17) is 16.8 Å². The topological polar surface area (TPSA) is 50.4 Å². The van der Waals surface area contributed by atoms with Gasteiger partial charge in [-0.05, 0) is 33.6 Å². The van der Waals surface area contributed by atoms with E-state index < -0.39 is 0 Å². The van der Waals surface area contributed by atoms with Crippen molar-refractivity contribution >= 4 is 33.7 Å². The molecule has 6 heteroatoms. The first-order valence-electron chi connectivity index (χ1n) is 4.84. The van der Waals surface area contributed by atoms with E-state index in [1.807, 2.05) is 24.3 Å². The molecule has 0 spiro atoms. The molecule has 1 N–H and O–H groups in total. The minimum atomic E-state index is 0.587. The molecule has 0 aliphatic rings. The second-order valence-electron chi connectivity index (χ2n) is 3.41. The maximum atomic E-state index is 8.58. The summed E-state index contributed by atoms with van der Waals surface area (Å²) in [4.78, 5) is 0. The molecule has 1 aromatic heterocycles. The molecule has 0 aliphatic carbocycles. The SMILES string of the molecule is ON=Cc1c(Br)cnn1Cc1ccc(Cl)cc1. The number of aromatic nitrogens is 2. The molecule has 1 aromatic carbocycles. The Kier molecular flexibility index (Phi) is 3.81. The second-order valence-corrected chi connectivity index (χ2v) is 4.70. The summed E-state index contributed by atoms with van der Waals surface area (Å²) in [6, 6.07) is 7.51. The van der Waals surface area contributed by atoms with Crippen LogP contribution < -0.4 is 0 Å². The number of halogens is 2. The normalized spacial score (nSPS) is 11.2. The first-order chi connectivity index (χ1) is 8.20. The fourth-order valence-electron chi connectivity index (χ4n) is 1.44. The lowest BCUT2D eigenvalue weighted by Gasteiger charge is -2.04. The highest BCUT2D eigenvalue weighted by Gasteiger charge is 2.07. The summed E-state index contributed by atoms with van der Waals surface area (Å²) in [5.74, 6) is 0. The highest BCUT2D eigenvalue weighted by molar-refractivity contribution is 9.10. The van der Waals surface area contributed by atoms with Crippen LogP contribution in [-0.2, 0) is 6.54 Å². The predicted octanol–water partition coefficient (Wildman–Crippen LogP) is 3.16. The Balaban J connectivity index is 2.27. The molecule has 0 aliphatic heterocycles. The Bertz CT molecular complexity index is 536. The summed E-state index contributed by atoms with van der Waals surface area (Å²) in [6.45, 7) is 0.587. The molecule has 0 fully saturated rings. The van der Waals surface area contributed by atoms with Gasteiger partial charge in [0, 0.05) is 5.02 Å². The minimum Gasteiger partial charge on any atom is -0.411 e. The number of rotatable bonds is 3. The van der Waals surface area contributed by atoms with Gasteiger partial charge in [-0.2, -0.15) is 5.10 Å². The van der Waals surface area contributed by atoms with Crippen LogP contribution in [0, 0.1) is 0 Å². The monoisotopic (exact) mass is 313 g/mol. The van der Waals surface area contributed by atoms with E-state index in [-0.39, 0.29) is 0 Å². The Hall–Kier alpha value is -1.33. The molecule has 88 valence electrons. The first kappa shape index (κ1) is 12.1. The number of oxime groups is 1. The van der Waals surface area contributed by atoms with Gasteiger partial charge < -0.3 is 5.21 Å². The van der Waals surface area contributed by atoms with E-state index in [0.717, 1.165) is 10.0 Å². The molecule has 0 radical (unpaired) electrons. The molecule has 0 saturated heterocycles. The number of nitrogens with zero attached hydrogens (tertiary/aromatic N) is 3. The quantitative estimate of drug-likeness (QED) is 0.537. The Labute approximate surface area is 112 Å². The summed E-state index contributed by atoms with van der Waals surface area (Å²) in [6.07, 6.45) is 3.00. The Morgan fingerprint density at radius 1 is 1.41 bits per heavy atom. The maximum Gasteiger partial charge on any atom is 0.0972 e.